The molecule has 0 aromatic carbocycles. The lowest BCUT2D eigenvalue weighted by Gasteiger charge is -1.98. The van der Waals surface area contributed by atoms with E-state index in [-0.39, 0.29) is 0 Å². The van der Waals surface area contributed by atoms with E-state index < -0.39 is 0 Å². The molecule has 1 nitrogen and oxygen atoms in total. The average Bonchev–Trinajstić information content (AvgIpc) is 2.35. The molecule has 0 unspecified atom stereocenters. The Kier molecular flexibility index (Phi) is 13.9. The topological polar surface area (TPSA) is 17.1 Å². The minimum Gasteiger partial charge on any atom is -0.303 e. The van der Waals surface area contributed by atoms with Crippen molar-refractivity contribution >= 4 is 6.29 Å². The van der Waals surface area contributed by atoms with Crippen molar-refractivity contribution in [2.45, 2.75) is 58.3 Å². The van der Waals surface area contributed by atoms with Crippen LogP contribution in [-0.2, 0) is 4.79 Å². The zero-order valence-corrected chi connectivity index (χ0v) is 11.1. The summed E-state index contributed by atoms with van der Waals surface area (Å²) in [4.78, 5) is 10.1. The number of rotatable bonds is 11. The van der Waals surface area contributed by atoms with Crippen LogP contribution < -0.4 is 0 Å². The highest BCUT2D eigenvalue weighted by Gasteiger charge is 1.89. The van der Waals surface area contributed by atoms with Crippen LogP contribution in [0.25, 0.3) is 0 Å². The highest BCUT2D eigenvalue weighted by Crippen LogP contribution is 2.08. The van der Waals surface area contributed by atoms with Gasteiger partial charge >= 0.3 is 0 Å². The summed E-state index contributed by atoms with van der Waals surface area (Å²) in [5.41, 5.74) is 0. The smallest absolute Gasteiger partial charge is 0.119 e. The minimum atomic E-state index is 0.737. The van der Waals surface area contributed by atoms with Crippen molar-refractivity contribution in [3.05, 3.63) is 36.5 Å². The molecule has 0 heterocycles. The molecular weight excluding hydrogens is 208 g/mol. The van der Waals surface area contributed by atoms with E-state index >= 15 is 0 Å². The molecule has 0 N–H and O–H groups in total. The molecule has 0 aliphatic heterocycles. The van der Waals surface area contributed by atoms with Gasteiger partial charge in [0.05, 0.1) is 0 Å². The lowest BCUT2D eigenvalue weighted by molar-refractivity contribution is -0.107. The fourth-order valence-electron chi connectivity index (χ4n) is 1.61. The van der Waals surface area contributed by atoms with Crippen LogP contribution >= 0.6 is 0 Å². The van der Waals surface area contributed by atoms with Crippen LogP contribution in [-0.4, -0.2) is 6.29 Å². The molecule has 0 bridgehead atoms. The number of hydrogen-bond acceptors (Lipinski definition) is 1. The van der Waals surface area contributed by atoms with Gasteiger partial charge in [-0.1, -0.05) is 62.1 Å². The van der Waals surface area contributed by atoms with Crippen molar-refractivity contribution in [1.29, 1.82) is 0 Å². The predicted molar refractivity (Wildman–Crippen MR) is 76.1 cm³/mol. The fourth-order valence-corrected chi connectivity index (χ4v) is 1.61. The second-order valence-electron chi connectivity index (χ2n) is 4.20. The Labute approximate surface area is 106 Å². The summed E-state index contributed by atoms with van der Waals surface area (Å²) in [6, 6.07) is 0. The van der Waals surface area contributed by atoms with E-state index in [4.69, 9.17) is 0 Å². The van der Waals surface area contributed by atoms with Gasteiger partial charge in [-0.25, -0.2) is 0 Å². The van der Waals surface area contributed by atoms with Crippen LogP contribution in [0.5, 0.6) is 0 Å². The summed E-state index contributed by atoms with van der Waals surface area (Å²) in [5.74, 6) is 0. The first-order valence-electron chi connectivity index (χ1n) is 6.80. The third-order valence-electron chi connectivity index (χ3n) is 2.60. The van der Waals surface area contributed by atoms with Gasteiger partial charge in [-0.05, 0) is 26.2 Å². The van der Waals surface area contributed by atoms with Crippen molar-refractivity contribution in [3.8, 4) is 0 Å². The van der Waals surface area contributed by atoms with Crippen LogP contribution in [0.1, 0.15) is 58.3 Å². The summed E-state index contributed by atoms with van der Waals surface area (Å²) >= 11 is 0. The second kappa shape index (κ2) is 14.9. The van der Waals surface area contributed by atoms with Crippen LogP contribution in [0.15, 0.2) is 36.5 Å². The number of allylic oxidation sites excluding steroid dienone is 6. The van der Waals surface area contributed by atoms with Crippen molar-refractivity contribution in [2.24, 2.45) is 0 Å². The SMILES string of the molecule is CC=CC=CC=CCCCCCCCCC=O. The Morgan fingerprint density at radius 1 is 0.706 bits per heavy atom. The maximum atomic E-state index is 10.1. The van der Waals surface area contributed by atoms with Crippen LogP contribution in [0.4, 0.5) is 0 Å². The van der Waals surface area contributed by atoms with E-state index in [1.165, 1.54) is 38.5 Å². The molecule has 0 spiro atoms. The Morgan fingerprint density at radius 2 is 1.29 bits per heavy atom. The Balaban J connectivity index is 3.15. The molecule has 0 aliphatic rings. The normalized spacial score (nSPS) is 12.1. The van der Waals surface area contributed by atoms with E-state index in [0.717, 1.165) is 19.1 Å². The molecule has 0 saturated carbocycles. The quantitative estimate of drug-likeness (QED) is 0.279. The predicted octanol–water partition coefficient (Wildman–Crippen LogP) is 4.99. The third-order valence-corrected chi connectivity index (χ3v) is 2.60. The van der Waals surface area contributed by atoms with Gasteiger partial charge < -0.3 is 4.79 Å². The maximum absolute atomic E-state index is 10.1. The molecule has 0 atom stereocenters. The zero-order chi connectivity index (χ0) is 12.6. The number of carbonyl (C=O) groups is 1. The number of carbonyl (C=O) groups excluding carboxylic acids is 1. The van der Waals surface area contributed by atoms with E-state index in [1.807, 2.05) is 25.2 Å². The summed E-state index contributed by atoms with van der Waals surface area (Å²) in [7, 11) is 0. The molecule has 0 radical (unpaired) electrons. The molecule has 0 rings (SSSR count). The molecule has 0 saturated heterocycles. The third kappa shape index (κ3) is 14.9. The van der Waals surface area contributed by atoms with E-state index in [1.54, 1.807) is 0 Å². The summed E-state index contributed by atoms with van der Waals surface area (Å²) in [6.07, 6.45) is 22.9. The molecule has 1 heteroatoms. The van der Waals surface area contributed by atoms with Crippen molar-refractivity contribution < 1.29 is 4.79 Å². The average molecular weight is 234 g/mol. The summed E-state index contributed by atoms with van der Waals surface area (Å²) in [5, 5.41) is 0. The second-order valence-corrected chi connectivity index (χ2v) is 4.20. The maximum Gasteiger partial charge on any atom is 0.119 e. The van der Waals surface area contributed by atoms with Gasteiger partial charge in [0.2, 0.25) is 0 Å². The highest BCUT2D eigenvalue weighted by molar-refractivity contribution is 5.48. The molecule has 17 heavy (non-hydrogen) atoms. The van der Waals surface area contributed by atoms with Gasteiger partial charge in [-0.15, -0.1) is 0 Å². The van der Waals surface area contributed by atoms with Crippen LogP contribution in [0, 0.1) is 0 Å². The first-order valence-corrected chi connectivity index (χ1v) is 6.80. The molecule has 0 fully saturated rings. The van der Waals surface area contributed by atoms with Gasteiger partial charge in [-0.2, -0.15) is 0 Å². The molecule has 96 valence electrons. The monoisotopic (exact) mass is 234 g/mol. The molecule has 0 amide bonds. The summed E-state index contributed by atoms with van der Waals surface area (Å²) < 4.78 is 0. The first kappa shape index (κ1) is 15.9. The minimum absolute atomic E-state index is 0.737. The molecule has 0 aliphatic carbocycles. The van der Waals surface area contributed by atoms with Crippen molar-refractivity contribution in [1.82, 2.24) is 0 Å². The lowest BCUT2D eigenvalue weighted by Crippen LogP contribution is -1.80. The van der Waals surface area contributed by atoms with Crippen LogP contribution in [0.3, 0.4) is 0 Å². The lowest BCUT2D eigenvalue weighted by atomic mass is 10.1. The van der Waals surface area contributed by atoms with Gasteiger partial charge in [-0.3, -0.25) is 0 Å². The molecule has 0 aromatic rings. The Morgan fingerprint density at radius 3 is 1.94 bits per heavy atom. The van der Waals surface area contributed by atoms with Gasteiger partial charge in [0.1, 0.15) is 6.29 Å². The number of aldehydes is 1. The van der Waals surface area contributed by atoms with Gasteiger partial charge in [0.15, 0.2) is 0 Å². The van der Waals surface area contributed by atoms with Gasteiger partial charge in [0, 0.05) is 6.42 Å². The number of unbranched alkanes of at least 4 members (excludes halogenated alkanes) is 7. The zero-order valence-electron chi connectivity index (χ0n) is 11.1. The Hall–Kier alpha value is -1.11. The van der Waals surface area contributed by atoms with E-state index in [2.05, 4.69) is 18.2 Å². The number of hydrogen-bond donors (Lipinski definition) is 0. The first-order chi connectivity index (χ1) is 8.41. The molecule has 0 aromatic heterocycles. The standard InChI is InChI=1S/C16H26O/c1-2-3-4-5-6-7-8-9-10-11-12-13-14-15-16-17/h2-7,16H,8-15H2,1H3. The molecular formula is C16H26O. The van der Waals surface area contributed by atoms with Gasteiger partial charge in [0.25, 0.3) is 0 Å². The summed E-state index contributed by atoms with van der Waals surface area (Å²) in [6.45, 7) is 2.02. The van der Waals surface area contributed by atoms with Crippen molar-refractivity contribution in [2.75, 3.05) is 0 Å². The Bertz CT molecular complexity index is 236. The fraction of sp³-hybridized carbons (Fsp3) is 0.562. The van der Waals surface area contributed by atoms with E-state index in [9.17, 15) is 4.79 Å². The largest absolute Gasteiger partial charge is 0.303 e. The highest BCUT2D eigenvalue weighted by atomic mass is 16.1. The van der Waals surface area contributed by atoms with E-state index in [0.29, 0.717) is 0 Å². The van der Waals surface area contributed by atoms with Crippen LogP contribution in [0.2, 0.25) is 0 Å². The van der Waals surface area contributed by atoms with Crippen molar-refractivity contribution in [3.63, 3.8) is 0 Å².